The maximum atomic E-state index is 15.7. The third-order valence-electron chi connectivity index (χ3n) is 17.2. The van der Waals surface area contributed by atoms with Gasteiger partial charge in [-0.05, 0) is 86.4 Å². The number of aromatic nitrogens is 2. The molecule has 1 saturated carbocycles. The molecule has 2 aromatic carbocycles. The van der Waals surface area contributed by atoms with Crippen LogP contribution in [-0.2, 0) is 52.4 Å². The lowest BCUT2D eigenvalue weighted by molar-refractivity contribution is -0.228. The van der Waals surface area contributed by atoms with Crippen LogP contribution in [0.2, 0.25) is 0 Å². The standard InChI is InChI=1S/C53H65N7O9/c1-8-49(57-48(64)55-29-34-15-12-13-21-54-34)27-33-28-52(46(62)67-6,42-36(18-23-59(30-33)31-49)35-16-10-11-17-39(35)56-42)38-25-37-40(26-41(38)66-5)58(4)44-51(37)20-24-60-22-14-19-50(9-2,43(51)60)45(69-32(3)61)53(44,65)47(63)68-7/h10-17,19,21,25-26,33,43-45,56,65H,8-9,18,20,22-24,27-31H2,1-7H3,(H2,55,57,64)/t33-,43-,44+,45+,49-,50+,51+,52-,53-/m0/s1. The molecule has 10 rings (SSSR count). The Labute approximate surface area is 403 Å². The van der Waals surface area contributed by atoms with Gasteiger partial charge in [-0.15, -0.1) is 0 Å². The summed E-state index contributed by atoms with van der Waals surface area (Å²) in [5.41, 5.74) is -0.872. The molecule has 2 amide bonds. The average Bonchev–Trinajstić information content (AvgIpc) is 4.02. The van der Waals surface area contributed by atoms with Gasteiger partial charge in [0.1, 0.15) is 11.2 Å². The molecule has 4 N–H and O–H groups in total. The number of para-hydroxylation sites is 1. The Morgan fingerprint density at radius 2 is 1.72 bits per heavy atom. The second kappa shape index (κ2) is 17.2. The number of aromatic amines is 1. The molecular formula is C53H65N7O9. The summed E-state index contributed by atoms with van der Waals surface area (Å²) < 4.78 is 24.2. The first-order chi connectivity index (χ1) is 33.2. The topological polar surface area (TPSA) is 188 Å². The van der Waals surface area contributed by atoms with Crippen LogP contribution in [0.1, 0.15) is 81.0 Å². The second-order valence-corrected chi connectivity index (χ2v) is 20.4. The van der Waals surface area contributed by atoms with Crippen molar-refractivity contribution in [2.45, 2.75) is 106 Å². The molecule has 2 saturated heterocycles. The largest absolute Gasteiger partial charge is 0.496 e. The number of fused-ring (bicyclic) bond motifs is 6. The summed E-state index contributed by atoms with van der Waals surface area (Å²) in [7, 11) is 6.15. The predicted octanol–water partition coefficient (Wildman–Crippen LogP) is 4.89. The highest BCUT2D eigenvalue weighted by Crippen LogP contribution is 2.68. The van der Waals surface area contributed by atoms with Gasteiger partial charge in [-0.3, -0.25) is 19.5 Å². The van der Waals surface area contributed by atoms with Crippen LogP contribution in [0.25, 0.3) is 10.9 Å². The number of pyridine rings is 1. The van der Waals surface area contributed by atoms with Gasteiger partial charge in [-0.2, -0.15) is 0 Å². The van der Waals surface area contributed by atoms with Crippen LogP contribution in [-0.4, -0.2) is 139 Å². The molecule has 366 valence electrons. The van der Waals surface area contributed by atoms with Crippen LogP contribution in [0.4, 0.5) is 10.5 Å². The van der Waals surface area contributed by atoms with E-state index in [0.29, 0.717) is 82.6 Å². The number of piperidine rings is 1. The fraction of sp³-hybridized carbons (Fsp3) is 0.528. The Kier molecular flexibility index (Phi) is 11.6. The first-order valence-electron chi connectivity index (χ1n) is 24.4. The van der Waals surface area contributed by atoms with Gasteiger partial charge in [0.15, 0.2) is 6.10 Å². The molecule has 2 aromatic heterocycles. The molecule has 4 aromatic rings. The number of H-pyrrole nitrogens is 1. The Balaban J connectivity index is 1.18. The number of amides is 2. The van der Waals surface area contributed by atoms with Crippen molar-refractivity contribution < 1.29 is 43.2 Å². The number of likely N-dealkylation sites (N-methyl/N-ethyl adjacent to an activating group) is 1. The molecule has 10 atom stereocenters. The quantitative estimate of drug-likeness (QED) is 0.0958. The van der Waals surface area contributed by atoms with Crippen molar-refractivity contribution in [3.05, 3.63) is 101 Å². The van der Waals surface area contributed by atoms with Crippen molar-refractivity contribution in [1.29, 1.82) is 0 Å². The second-order valence-electron chi connectivity index (χ2n) is 20.4. The Morgan fingerprint density at radius 1 is 0.942 bits per heavy atom. The molecule has 1 aliphatic carbocycles. The average molecular weight is 944 g/mol. The zero-order valence-electron chi connectivity index (χ0n) is 40.7. The molecule has 1 unspecified atom stereocenters. The SMILES string of the molecule is CC[C@]1(NC(=O)NCc2ccccn2)C[C@@H]2CN(CCc3c([nH]c4ccccc34)[C@@](C(=O)OC)(c3cc4c(cc3OC)N(C)[C@H]3[C@@](O)(C(=O)OC)[C@H](OC(C)=O)[C@]5(CC)C=CCN6CC[C@]43[C@@H]65)C2)C1. The van der Waals surface area contributed by atoms with E-state index < -0.39 is 57.4 Å². The van der Waals surface area contributed by atoms with E-state index in [0.717, 1.165) is 39.1 Å². The number of benzene rings is 2. The third kappa shape index (κ3) is 6.75. The van der Waals surface area contributed by atoms with E-state index in [9.17, 15) is 19.5 Å². The zero-order valence-corrected chi connectivity index (χ0v) is 40.7. The number of carbonyl (C=O) groups is 4. The van der Waals surface area contributed by atoms with Crippen molar-refractivity contribution in [3.63, 3.8) is 0 Å². The normalized spacial score (nSPS) is 33.1. The lowest BCUT2D eigenvalue weighted by atomic mass is 9.47. The molecule has 69 heavy (non-hydrogen) atoms. The molecule has 3 fully saturated rings. The number of anilines is 1. The van der Waals surface area contributed by atoms with E-state index in [1.165, 1.54) is 21.1 Å². The van der Waals surface area contributed by atoms with Crippen molar-refractivity contribution in [1.82, 2.24) is 30.4 Å². The van der Waals surface area contributed by atoms with E-state index >= 15 is 4.79 Å². The smallest absolute Gasteiger partial charge is 0.344 e. The highest BCUT2D eigenvalue weighted by molar-refractivity contribution is 5.95. The molecule has 1 spiro atoms. The van der Waals surface area contributed by atoms with E-state index in [1.807, 2.05) is 67.4 Å². The zero-order chi connectivity index (χ0) is 48.7. The van der Waals surface area contributed by atoms with E-state index in [4.69, 9.17) is 18.9 Å². The number of ether oxygens (including phenoxy) is 4. The predicted molar refractivity (Wildman–Crippen MR) is 258 cm³/mol. The number of methoxy groups -OCH3 is 3. The molecule has 5 aliphatic heterocycles. The third-order valence-corrected chi connectivity index (χ3v) is 17.2. The lowest BCUT2D eigenvalue weighted by Gasteiger charge is -2.63. The van der Waals surface area contributed by atoms with Crippen LogP contribution < -0.4 is 20.3 Å². The molecule has 7 heterocycles. The minimum absolute atomic E-state index is 0.139. The molecule has 16 heteroatoms. The van der Waals surface area contributed by atoms with E-state index in [2.05, 4.69) is 55.5 Å². The van der Waals surface area contributed by atoms with Gasteiger partial charge in [-0.1, -0.05) is 50.3 Å². The van der Waals surface area contributed by atoms with Crippen LogP contribution in [0.5, 0.6) is 5.75 Å². The summed E-state index contributed by atoms with van der Waals surface area (Å²) >= 11 is 0. The van der Waals surface area contributed by atoms with Gasteiger partial charge < -0.3 is 49.5 Å². The minimum atomic E-state index is -2.33. The first kappa shape index (κ1) is 46.7. The summed E-state index contributed by atoms with van der Waals surface area (Å²) in [6, 6.07) is 16.2. The summed E-state index contributed by atoms with van der Waals surface area (Å²) in [4.78, 5) is 72.2. The van der Waals surface area contributed by atoms with Gasteiger partial charge in [0, 0.05) is 97.1 Å². The van der Waals surface area contributed by atoms with Crippen molar-refractivity contribution in [3.8, 4) is 5.75 Å². The fourth-order valence-corrected chi connectivity index (χ4v) is 14.7. The highest BCUT2D eigenvalue weighted by Gasteiger charge is 2.80. The summed E-state index contributed by atoms with van der Waals surface area (Å²) in [5.74, 6) is -1.67. The molecular weight excluding hydrogens is 879 g/mol. The van der Waals surface area contributed by atoms with E-state index in [1.54, 1.807) is 13.3 Å². The van der Waals surface area contributed by atoms with Gasteiger partial charge in [-0.25, -0.2) is 9.59 Å². The highest BCUT2D eigenvalue weighted by atomic mass is 16.6. The maximum absolute atomic E-state index is 15.7. The number of nitrogens with one attached hydrogen (secondary N) is 3. The Morgan fingerprint density at radius 3 is 2.43 bits per heavy atom. The van der Waals surface area contributed by atoms with Gasteiger partial charge in [0.2, 0.25) is 5.60 Å². The maximum Gasteiger partial charge on any atom is 0.344 e. The Bertz CT molecular complexity index is 2730. The Hall–Kier alpha value is -5.97. The summed E-state index contributed by atoms with van der Waals surface area (Å²) in [6.45, 7) is 8.94. The molecule has 0 radical (unpaired) electrons. The number of hydrogen-bond donors (Lipinski definition) is 4. The summed E-state index contributed by atoms with van der Waals surface area (Å²) in [6.07, 6.45) is 7.64. The lowest BCUT2D eigenvalue weighted by Crippen LogP contribution is -2.81. The fourth-order valence-electron chi connectivity index (χ4n) is 14.7. The summed E-state index contributed by atoms with van der Waals surface area (Å²) in [5, 5.41) is 20.9. The van der Waals surface area contributed by atoms with Crippen LogP contribution in [0.3, 0.4) is 0 Å². The van der Waals surface area contributed by atoms with Crippen LogP contribution in [0, 0.1) is 11.3 Å². The number of carbonyl (C=O) groups excluding carboxylic acids is 4. The number of rotatable bonds is 10. The minimum Gasteiger partial charge on any atom is -0.496 e. The number of esters is 3. The van der Waals surface area contributed by atoms with E-state index in [-0.39, 0.29) is 24.5 Å². The number of aliphatic hydroxyl groups is 1. The van der Waals surface area contributed by atoms with Gasteiger partial charge in [0.05, 0.1) is 45.1 Å². The first-order valence-corrected chi connectivity index (χ1v) is 24.4. The van der Waals surface area contributed by atoms with Crippen molar-refractivity contribution in [2.24, 2.45) is 11.3 Å². The van der Waals surface area contributed by atoms with Crippen LogP contribution >= 0.6 is 0 Å². The van der Waals surface area contributed by atoms with Crippen LogP contribution in [0.15, 0.2) is 72.9 Å². The molecule has 6 aliphatic rings. The molecule has 2 bridgehead atoms. The monoisotopic (exact) mass is 943 g/mol. The number of hydrogen-bond acceptors (Lipinski definition) is 13. The number of nitrogens with zero attached hydrogens (tertiary/aromatic N) is 4. The van der Waals surface area contributed by atoms with Gasteiger partial charge in [0.25, 0.3) is 0 Å². The number of urea groups is 1. The van der Waals surface area contributed by atoms with Gasteiger partial charge >= 0.3 is 23.9 Å². The van der Waals surface area contributed by atoms with Crippen molar-refractivity contribution >= 4 is 40.5 Å². The molecule has 16 nitrogen and oxygen atoms in total. The van der Waals surface area contributed by atoms with Crippen molar-refractivity contribution in [2.75, 3.05) is 66.0 Å².